The number of allylic oxidation sites excluding steroid dienone is 4. The molecule has 0 aromatic rings. The predicted octanol–water partition coefficient (Wildman–Crippen LogP) is 4.39. The van der Waals surface area contributed by atoms with Crippen LogP contribution in [0.3, 0.4) is 0 Å². The van der Waals surface area contributed by atoms with E-state index in [0.717, 1.165) is 31.4 Å². The molecule has 0 aromatic heterocycles. The molecule has 0 aliphatic heterocycles. The average molecular weight is 248 g/mol. The molecule has 0 rings (SSSR count). The first-order valence-corrected chi connectivity index (χ1v) is 6.88. The molecule has 0 amide bonds. The number of hydrogen-bond donors (Lipinski definition) is 1. The molecule has 2 nitrogen and oxygen atoms in total. The van der Waals surface area contributed by atoms with Crippen molar-refractivity contribution < 1.29 is 0 Å². The minimum absolute atomic E-state index is 0.274. The Labute approximate surface area is 112 Å². The van der Waals surface area contributed by atoms with E-state index < -0.39 is 0 Å². The van der Waals surface area contributed by atoms with Crippen molar-refractivity contribution in [2.45, 2.75) is 59.4 Å². The molecule has 0 radical (unpaired) electrons. The molecule has 0 atom stereocenters. The summed E-state index contributed by atoms with van der Waals surface area (Å²) in [4.78, 5) is 4.68. The first kappa shape index (κ1) is 16.7. The zero-order valence-corrected chi connectivity index (χ0v) is 12.4. The van der Waals surface area contributed by atoms with E-state index in [1.165, 1.54) is 11.1 Å². The van der Waals surface area contributed by atoms with Crippen molar-refractivity contribution in [3.05, 3.63) is 36.1 Å². The van der Waals surface area contributed by atoms with E-state index in [2.05, 4.69) is 39.3 Å². The zero-order chi connectivity index (χ0) is 14.0. The second-order valence-electron chi connectivity index (χ2n) is 4.65. The second-order valence-corrected chi connectivity index (χ2v) is 4.65. The highest BCUT2D eigenvalue weighted by molar-refractivity contribution is 6.09. The van der Waals surface area contributed by atoms with Gasteiger partial charge in [-0.05, 0) is 51.0 Å². The summed E-state index contributed by atoms with van der Waals surface area (Å²) in [5, 5.41) is 0. The fraction of sp³-hybridized carbons (Fsp3) is 0.562. The molecule has 0 saturated heterocycles. The summed E-state index contributed by atoms with van der Waals surface area (Å²) in [6.45, 7) is 12.4. The number of nitrogens with two attached hydrogens (primary N) is 1. The van der Waals surface area contributed by atoms with Gasteiger partial charge < -0.3 is 5.73 Å². The Hall–Kier alpha value is -1.31. The van der Waals surface area contributed by atoms with E-state index in [0.29, 0.717) is 0 Å². The van der Waals surface area contributed by atoms with E-state index in [4.69, 9.17) is 5.73 Å². The van der Waals surface area contributed by atoms with Crippen LogP contribution in [0.5, 0.6) is 0 Å². The standard InChI is InChI=1S/C16H28N2/c1-6-9-14(8-3)15(10-7-2)16(11-12-17)18-13(4)5/h7,11-13H,2,6,8-10,17H2,1,3-5H3/b12-11?,15-14+,18-16?. The molecule has 2 N–H and O–H groups in total. The van der Waals surface area contributed by atoms with Crippen LogP contribution >= 0.6 is 0 Å². The maximum absolute atomic E-state index is 5.54. The van der Waals surface area contributed by atoms with Gasteiger partial charge in [-0.15, -0.1) is 6.58 Å². The Morgan fingerprint density at radius 2 is 2.00 bits per heavy atom. The third-order valence-electron chi connectivity index (χ3n) is 2.71. The van der Waals surface area contributed by atoms with Crippen LogP contribution in [0.25, 0.3) is 0 Å². The van der Waals surface area contributed by atoms with Gasteiger partial charge in [-0.1, -0.05) is 31.9 Å². The van der Waals surface area contributed by atoms with Crippen LogP contribution in [0, 0.1) is 0 Å². The quantitative estimate of drug-likeness (QED) is 0.502. The lowest BCUT2D eigenvalue weighted by molar-refractivity contribution is 0.826. The normalized spacial score (nSPS) is 14.2. The van der Waals surface area contributed by atoms with Crippen LogP contribution < -0.4 is 5.73 Å². The molecule has 102 valence electrons. The maximum atomic E-state index is 5.54. The smallest absolute Gasteiger partial charge is 0.0626 e. The van der Waals surface area contributed by atoms with Crippen molar-refractivity contribution in [2.75, 3.05) is 0 Å². The van der Waals surface area contributed by atoms with Crippen molar-refractivity contribution in [3.8, 4) is 0 Å². The Kier molecular flexibility index (Phi) is 8.99. The van der Waals surface area contributed by atoms with Crippen molar-refractivity contribution in [2.24, 2.45) is 10.7 Å². The fourth-order valence-electron chi connectivity index (χ4n) is 2.01. The molecule has 18 heavy (non-hydrogen) atoms. The number of hydrogen-bond acceptors (Lipinski definition) is 2. The monoisotopic (exact) mass is 248 g/mol. The van der Waals surface area contributed by atoms with Gasteiger partial charge in [0.25, 0.3) is 0 Å². The first-order valence-electron chi connectivity index (χ1n) is 6.88. The molecular weight excluding hydrogens is 220 g/mol. The van der Waals surface area contributed by atoms with Crippen molar-refractivity contribution in [1.82, 2.24) is 0 Å². The molecule has 0 spiro atoms. The van der Waals surface area contributed by atoms with Gasteiger partial charge in [-0.2, -0.15) is 0 Å². The van der Waals surface area contributed by atoms with Crippen LogP contribution in [-0.4, -0.2) is 11.8 Å². The Bertz CT molecular complexity index is 333. The Balaban J connectivity index is 5.57. The van der Waals surface area contributed by atoms with E-state index in [-0.39, 0.29) is 6.04 Å². The number of aliphatic imine (C=N–C) groups is 1. The SMILES string of the molecule is C=CC/C(C(C=CN)=NC(C)C)=C(/CC)CCC. The summed E-state index contributed by atoms with van der Waals surface area (Å²) in [7, 11) is 0. The van der Waals surface area contributed by atoms with Crippen LogP contribution in [-0.2, 0) is 0 Å². The minimum Gasteiger partial charge on any atom is -0.405 e. The largest absolute Gasteiger partial charge is 0.405 e. The highest BCUT2D eigenvalue weighted by Crippen LogP contribution is 2.21. The van der Waals surface area contributed by atoms with Crippen molar-refractivity contribution >= 4 is 5.71 Å². The predicted molar refractivity (Wildman–Crippen MR) is 82.9 cm³/mol. The number of nitrogens with zero attached hydrogens (tertiary/aromatic N) is 1. The minimum atomic E-state index is 0.274. The van der Waals surface area contributed by atoms with Gasteiger partial charge in [0, 0.05) is 6.04 Å². The van der Waals surface area contributed by atoms with Gasteiger partial charge in [-0.3, -0.25) is 4.99 Å². The molecule has 0 aromatic carbocycles. The van der Waals surface area contributed by atoms with Crippen LogP contribution in [0.15, 0.2) is 41.1 Å². The average Bonchev–Trinajstić information content (AvgIpc) is 2.32. The topological polar surface area (TPSA) is 38.4 Å². The summed E-state index contributed by atoms with van der Waals surface area (Å²) in [5.41, 5.74) is 9.32. The lowest BCUT2D eigenvalue weighted by Gasteiger charge is -2.14. The highest BCUT2D eigenvalue weighted by Gasteiger charge is 2.09. The molecule has 0 fully saturated rings. The highest BCUT2D eigenvalue weighted by atomic mass is 14.8. The summed E-state index contributed by atoms with van der Waals surface area (Å²) in [5.74, 6) is 0. The summed E-state index contributed by atoms with van der Waals surface area (Å²) in [6, 6.07) is 0.274. The fourth-order valence-corrected chi connectivity index (χ4v) is 2.01. The molecule has 0 saturated carbocycles. The third kappa shape index (κ3) is 5.85. The summed E-state index contributed by atoms with van der Waals surface area (Å²) in [6.07, 6.45) is 9.63. The van der Waals surface area contributed by atoms with E-state index in [1.54, 1.807) is 6.20 Å². The van der Waals surface area contributed by atoms with Gasteiger partial charge in [0.1, 0.15) is 0 Å². The van der Waals surface area contributed by atoms with Crippen LogP contribution in [0.1, 0.15) is 53.4 Å². The Morgan fingerprint density at radius 1 is 1.33 bits per heavy atom. The van der Waals surface area contributed by atoms with E-state index in [9.17, 15) is 0 Å². The lowest BCUT2D eigenvalue weighted by atomic mass is 9.94. The maximum Gasteiger partial charge on any atom is 0.0626 e. The molecule has 0 aliphatic carbocycles. The first-order chi connectivity index (χ1) is 8.60. The van der Waals surface area contributed by atoms with Gasteiger partial charge in [0.2, 0.25) is 0 Å². The second kappa shape index (κ2) is 9.69. The molecule has 0 unspecified atom stereocenters. The third-order valence-corrected chi connectivity index (χ3v) is 2.71. The van der Waals surface area contributed by atoms with Crippen molar-refractivity contribution in [1.29, 1.82) is 0 Å². The summed E-state index contributed by atoms with van der Waals surface area (Å²) < 4.78 is 0. The molecule has 2 heteroatoms. The van der Waals surface area contributed by atoms with Gasteiger partial charge in [-0.25, -0.2) is 0 Å². The molecular formula is C16H28N2. The van der Waals surface area contributed by atoms with Crippen LogP contribution in [0.2, 0.25) is 0 Å². The van der Waals surface area contributed by atoms with E-state index in [1.807, 2.05) is 12.2 Å². The summed E-state index contributed by atoms with van der Waals surface area (Å²) >= 11 is 0. The Morgan fingerprint density at radius 3 is 2.39 bits per heavy atom. The van der Waals surface area contributed by atoms with Crippen LogP contribution in [0.4, 0.5) is 0 Å². The molecule has 0 heterocycles. The van der Waals surface area contributed by atoms with Gasteiger partial charge in [0.05, 0.1) is 5.71 Å². The molecule has 0 bridgehead atoms. The molecule has 0 aliphatic rings. The van der Waals surface area contributed by atoms with Crippen molar-refractivity contribution in [3.63, 3.8) is 0 Å². The van der Waals surface area contributed by atoms with E-state index >= 15 is 0 Å². The lowest BCUT2D eigenvalue weighted by Crippen LogP contribution is -2.07. The van der Waals surface area contributed by atoms with Gasteiger partial charge >= 0.3 is 0 Å². The zero-order valence-electron chi connectivity index (χ0n) is 12.4. The number of rotatable bonds is 8. The van der Waals surface area contributed by atoms with Gasteiger partial charge in [0.15, 0.2) is 0 Å².